The average molecular weight is 969 g/mol. The zero-order valence-corrected chi connectivity index (χ0v) is 43.0. The van der Waals surface area contributed by atoms with Crippen molar-refractivity contribution >= 4 is 42.7 Å². The van der Waals surface area contributed by atoms with Gasteiger partial charge in [0.15, 0.2) is 0 Å². The van der Waals surface area contributed by atoms with Crippen molar-refractivity contribution in [2.75, 3.05) is 0 Å². The summed E-state index contributed by atoms with van der Waals surface area (Å²) >= 11 is 1.89. The van der Waals surface area contributed by atoms with Gasteiger partial charge in [0, 0.05) is 32.0 Å². The van der Waals surface area contributed by atoms with Gasteiger partial charge < -0.3 is 0 Å². The first-order valence-electron chi connectivity index (χ1n) is 26.9. The van der Waals surface area contributed by atoms with Gasteiger partial charge in [0.2, 0.25) is 0 Å². The molecule has 10 aromatic rings. The number of rotatable bonds is 11. The molecule has 0 N–H and O–H groups in total. The van der Waals surface area contributed by atoms with E-state index in [-0.39, 0.29) is 5.92 Å². The highest BCUT2D eigenvalue weighted by atomic mass is 32.1. The lowest BCUT2D eigenvalue weighted by Gasteiger charge is -2.24. The van der Waals surface area contributed by atoms with E-state index in [2.05, 4.69) is 250 Å². The second-order valence-electron chi connectivity index (χ2n) is 20.9. The zero-order valence-electron chi connectivity index (χ0n) is 42.2. The minimum Gasteiger partial charge on any atom is -0.135 e. The summed E-state index contributed by atoms with van der Waals surface area (Å²) in [5.74, 6) is 0.886. The van der Waals surface area contributed by atoms with Crippen LogP contribution >= 0.6 is 11.3 Å². The number of fused-ring (bicyclic) bond motifs is 6. The van der Waals surface area contributed by atoms with Crippen LogP contribution in [0.15, 0.2) is 248 Å². The minimum absolute atomic E-state index is 0.199. The predicted molar refractivity (Wildman–Crippen MR) is 318 cm³/mol. The van der Waals surface area contributed by atoms with Crippen LogP contribution < -0.4 is 0 Å². The minimum atomic E-state index is 0.199. The molecule has 74 heavy (non-hydrogen) atoms. The molecule has 0 amide bonds. The standard InChI is InChI=1S/C73H60S/c1-49(50-25-27-54(28-26-50)61-39-42-69-68-23-13-14-24-72(68)74-73(69)48-61)43-70(59-35-31-55(32-36-59)64-45-62(51-15-5-2-6-16-51)44-63(46-64)52-17-7-3-8-18-52)58-33-29-53(30-34-58)60-38-41-67-65-22-12-11-21-57(65)37-40-66(71(67)47-60)56-19-9-4-10-20-56/h2,4-7,9-10,13-36,38-39,41-42,44-49,66,70H,3,8,11-12,37,40,43H2,1H3. The Hall–Kier alpha value is -7.84. The summed E-state index contributed by atoms with van der Waals surface area (Å²) in [5, 5.41) is 2.69. The molecule has 358 valence electrons. The van der Waals surface area contributed by atoms with Crippen LogP contribution in [0.4, 0.5) is 0 Å². The van der Waals surface area contributed by atoms with Gasteiger partial charge in [-0.05, 0) is 187 Å². The van der Waals surface area contributed by atoms with E-state index in [4.69, 9.17) is 0 Å². The molecule has 13 rings (SSSR count). The summed E-state index contributed by atoms with van der Waals surface area (Å²) in [5.41, 5.74) is 24.0. The highest BCUT2D eigenvalue weighted by Gasteiger charge is 2.27. The lowest BCUT2D eigenvalue weighted by Crippen LogP contribution is -2.07. The fraction of sp³-hybridized carbons (Fsp3) is 0.151. The van der Waals surface area contributed by atoms with Crippen molar-refractivity contribution in [1.82, 2.24) is 0 Å². The Labute approximate surface area is 441 Å². The smallest absolute Gasteiger partial charge is 0.0361 e. The molecule has 0 saturated carbocycles. The van der Waals surface area contributed by atoms with Crippen molar-refractivity contribution in [3.8, 4) is 44.5 Å². The fourth-order valence-corrected chi connectivity index (χ4v) is 13.4. The first-order chi connectivity index (χ1) is 36.6. The Kier molecular flexibility index (Phi) is 12.6. The van der Waals surface area contributed by atoms with Crippen LogP contribution in [0.1, 0.15) is 109 Å². The van der Waals surface area contributed by atoms with Gasteiger partial charge in [0.1, 0.15) is 0 Å². The van der Waals surface area contributed by atoms with Gasteiger partial charge in [-0.15, -0.1) is 11.3 Å². The van der Waals surface area contributed by atoms with Gasteiger partial charge in [-0.2, -0.15) is 0 Å². The number of hydrogen-bond donors (Lipinski definition) is 0. The Morgan fingerprint density at radius 1 is 0.446 bits per heavy atom. The van der Waals surface area contributed by atoms with Gasteiger partial charge in [0.25, 0.3) is 0 Å². The monoisotopic (exact) mass is 968 g/mol. The predicted octanol–water partition coefficient (Wildman–Crippen LogP) is 20.8. The molecule has 0 aliphatic heterocycles. The molecule has 1 heteroatoms. The van der Waals surface area contributed by atoms with Crippen LogP contribution in [0.2, 0.25) is 0 Å². The van der Waals surface area contributed by atoms with Crippen molar-refractivity contribution < 1.29 is 0 Å². The molecule has 1 aromatic heterocycles. The second-order valence-corrected chi connectivity index (χ2v) is 22.0. The molecule has 1 heterocycles. The van der Waals surface area contributed by atoms with E-state index in [1.807, 2.05) is 11.3 Å². The number of allylic oxidation sites excluding steroid dienone is 8. The van der Waals surface area contributed by atoms with Crippen LogP contribution in [0.3, 0.4) is 0 Å². The van der Waals surface area contributed by atoms with E-state index in [0.29, 0.717) is 11.8 Å². The molecule has 0 fully saturated rings. The molecule has 3 aliphatic rings. The third kappa shape index (κ3) is 9.16. The topological polar surface area (TPSA) is 0 Å². The number of thiophene rings is 1. The maximum atomic E-state index is 2.52. The van der Waals surface area contributed by atoms with Crippen molar-refractivity contribution in [2.24, 2.45) is 0 Å². The Bertz CT molecular complexity index is 3790. The van der Waals surface area contributed by atoms with Crippen molar-refractivity contribution in [1.29, 1.82) is 0 Å². The molecular formula is C73H60S. The first-order valence-corrected chi connectivity index (χ1v) is 27.8. The molecule has 3 unspecified atom stereocenters. The fourth-order valence-electron chi connectivity index (χ4n) is 12.3. The van der Waals surface area contributed by atoms with E-state index < -0.39 is 0 Å². The van der Waals surface area contributed by atoms with Gasteiger partial charge in [-0.1, -0.05) is 213 Å². The van der Waals surface area contributed by atoms with Crippen LogP contribution in [-0.2, 0) is 0 Å². The van der Waals surface area contributed by atoms with Gasteiger partial charge >= 0.3 is 0 Å². The average Bonchev–Trinajstić information content (AvgIpc) is 3.77. The highest BCUT2D eigenvalue weighted by molar-refractivity contribution is 7.25. The van der Waals surface area contributed by atoms with Crippen LogP contribution in [0.5, 0.6) is 0 Å². The van der Waals surface area contributed by atoms with Crippen LogP contribution in [-0.4, -0.2) is 0 Å². The maximum absolute atomic E-state index is 2.52. The molecule has 0 bridgehead atoms. The summed E-state index contributed by atoms with van der Waals surface area (Å²) < 4.78 is 2.69. The second kappa shape index (κ2) is 20.2. The summed E-state index contributed by atoms with van der Waals surface area (Å²) in [6.07, 6.45) is 19.7. The number of benzene rings is 9. The summed E-state index contributed by atoms with van der Waals surface area (Å²) in [6, 6.07) is 80.8. The van der Waals surface area contributed by atoms with Crippen molar-refractivity contribution in [3.05, 3.63) is 287 Å². The lowest BCUT2D eigenvalue weighted by molar-refractivity contribution is 0.617. The molecule has 0 radical (unpaired) electrons. The van der Waals surface area contributed by atoms with Crippen molar-refractivity contribution in [3.63, 3.8) is 0 Å². The molecule has 0 spiro atoms. The zero-order chi connectivity index (χ0) is 49.4. The molecular weight excluding hydrogens is 909 g/mol. The van der Waals surface area contributed by atoms with E-state index in [1.54, 1.807) is 0 Å². The summed E-state index contributed by atoms with van der Waals surface area (Å²) in [7, 11) is 0. The molecule has 0 saturated heterocycles. The van der Waals surface area contributed by atoms with E-state index >= 15 is 0 Å². The summed E-state index contributed by atoms with van der Waals surface area (Å²) in [4.78, 5) is 0. The number of hydrogen-bond acceptors (Lipinski definition) is 1. The third-order valence-corrected chi connectivity index (χ3v) is 17.4. The SMILES string of the molecule is CC(CC(c1ccc(-c2cc(C3=CCCC=C3)cc(-c3ccccc3)c2)cc1)c1ccc(-c2ccc3c(c2)C(c2ccccc2)CCC2=CCCC=C23)cc1)c1ccc(-c2ccc3c(c2)sc2ccccc23)cc1. The van der Waals surface area contributed by atoms with Crippen LogP contribution in [0, 0.1) is 0 Å². The van der Waals surface area contributed by atoms with E-state index in [0.717, 1.165) is 44.9 Å². The molecule has 3 aliphatic carbocycles. The largest absolute Gasteiger partial charge is 0.135 e. The normalized spacial score (nSPS) is 16.1. The third-order valence-electron chi connectivity index (χ3n) is 16.3. The van der Waals surface area contributed by atoms with E-state index in [1.165, 1.54) is 120 Å². The lowest BCUT2D eigenvalue weighted by atomic mass is 9.80. The quantitative estimate of drug-likeness (QED) is 0.121. The molecule has 3 atom stereocenters. The Morgan fingerprint density at radius 3 is 1.73 bits per heavy atom. The Balaban J connectivity index is 0.840. The summed E-state index contributed by atoms with van der Waals surface area (Å²) in [6.45, 7) is 2.42. The highest BCUT2D eigenvalue weighted by Crippen LogP contribution is 2.46. The van der Waals surface area contributed by atoms with Crippen molar-refractivity contribution in [2.45, 2.75) is 69.6 Å². The van der Waals surface area contributed by atoms with Gasteiger partial charge in [0.05, 0.1) is 0 Å². The molecule has 9 aromatic carbocycles. The Morgan fingerprint density at radius 2 is 1.01 bits per heavy atom. The van der Waals surface area contributed by atoms with Gasteiger partial charge in [-0.3, -0.25) is 0 Å². The van der Waals surface area contributed by atoms with E-state index in [9.17, 15) is 0 Å². The first kappa shape index (κ1) is 46.0. The van der Waals surface area contributed by atoms with Crippen LogP contribution in [0.25, 0.3) is 75.8 Å². The van der Waals surface area contributed by atoms with Gasteiger partial charge in [-0.25, -0.2) is 0 Å². The maximum Gasteiger partial charge on any atom is 0.0361 e. The molecule has 0 nitrogen and oxygen atoms in total.